The fourth-order valence-corrected chi connectivity index (χ4v) is 4.81. The average Bonchev–Trinajstić information content (AvgIpc) is 3.10. The zero-order valence-corrected chi connectivity index (χ0v) is 31.4. The normalized spacial score (nSPS) is 12.8. The molecule has 49 heavy (non-hydrogen) atoms. The van der Waals surface area contributed by atoms with Crippen LogP contribution in [0.1, 0.15) is 162 Å². The Hall–Kier alpha value is -3.15. The van der Waals surface area contributed by atoms with E-state index in [0.29, 0.717) is 12.8 Å². The molecule has 1 unspecified atom stereocenters. The number of unbranched alkanes of at least 4 members (excludes halogenated alkanes) is 11. The van der Waals surface area contributed by atoms with Crippen LogP contribution in [0.25, 0.3) is 0 Å². The summed E-state index contributed by atoms with van der Waals surface area (Å²) in [6, 6.07) is 0. The molecule has 0 aliphatic heterocycles. The van der Waals surface area contributed by atoms with Crippen molar-refractivity contribution in [2.45, 2.75) is 168 Å². The van der Waals surface area contributed by atoms with E-state index in [1.165, 1.54) is 12.8 Å². The van der Waals surface area contributed by atoms with Crippen LogP contribution >= 0.6 is 0 Å². The summed E-state index contributed by atoms with van der Waals surface area (Å²) in [4.78, 5) is 37.3. The van der Waals surface area contributed by atoms with Gasteiger partial charge in [-0.3, -0.25) is 14.4 Å². The van der Waals surface area contributed by atoms with Gasteiger partial charge in [-0.15, -0.1) is 0 Å². The van der Waals surface area contributed by atoms with E-state index < -0.39 is 12.1 Å². The second kappa shape index (κ2) is 37.7. The molecule has 0 saturated carbocycles. The highest BCUT2D eigenvalue weighted by molar-refractivity contribution is 5.72. The fourth-order valence-electron chi connectivity index (χ4n) is 4.81. The molecule has 1 atom stereocenters. The third-order valence-corrected chi connectivity index (χ3v) is 7.71. The summed E-state index contributed by atoms with van der Waals surface area (Å²) in [6.45, 7) is 6.20. The summed E-state index contributed by atoms with van der Waals surface area (Å²) in [5, 5.41) is 0. The van der Waals surface area contributed by atoms with Crippen LogP contribution in [-0.4, -0.2) is 37.2 Å². The van der Waals surface area contributed by atoms with Crippen molar-refractivity contribution in [1.29, 1.82) is 0 Å². The number of hydrogen-bond donors (Lipinski definition) is 0. The van der Waals surface area contributed by atoms with Crippen LogP contribution in [0.15, 0.2) is 72.9 Å². The Morgan fingerprint density at radius 1 is 0.449 bits per heavy atom. The predicted molar refractivity (Wildman–Crippen MR) is 205 cm³/mol. The Morgan fingerprint density at radius 3 is 1.45 bits per heavy atom. The van der Waals surface area contributed by atoms with Gasteiger partial charge in [0.1, 0.15) is 13.2 Å². The van der Waals surface area contributed by atoms with Gasteiger partial charge in [0.25, 0.3) is 0 Å². The van der Waals surface area contributed by atoms with Gasteiger partial charge in [-0.2, -0.15) is 0 Å². The minimum atomic E-state index is -0.817. The van der Waals surface area contributed by atoms with Crippen molar-refractivity contribution in [3.05, 3.63) is 72.9 Å². The van der Waals surface area contributed by atoms with Gasteiger partial charge in [0.05, 0.1) is 6.42 Å². The van der Waals surface area contributed by atoms with Gasteiger partial charge in [0.15, 0.2) is 6.10 Å². The molecule has 0 amide bonds. The van der Waals surface area contributed by atoms with Gasteiger partial charge < -0.3 is 14.2 Å². The summed E-state index contributed by atoms with van der Waals surface area (Å²) >= 11 is 0. The van der Waals surface area contributed by atoms with E-state index in [4.69, 9.17) is 14.2 Å². The second-order valence-electron chi connectivity index (χ2n) is 12.4. The number of rotatable bonds is 33. The van der Waals surface area contributed by atoms with Crippen molar-refractivity contribution in [3.63, 3.8) is 0 Å². The van der Waals surface area contributed by atoms with Crippen LogP contribution in [0.3, 0.4) is 0 Å². The highest BCUT2D eigenvalue weighted by Crippen LogP contribution is 2.11. The lowest BCUT2D eigenvalue weighted by molar-refractivity contribution is -0.166. The van der Waals surface area contributed by atoms with E-state index in [1.54, 1.807) is 6.08 Å². The zero-order valence-electron chi connectivity index (χ0n) is 31.4. The van der Waals surface area contributed by atoms with Crippen LogP contribution < -0.4 is 0 Å². The average molecular weight is 683 g/mol. The molecule has 0 saturated heterocycles. The lowest BCUT2D eigenvalue weighted by atomic mass is 10.1. The standard InChI is InChI=1S/C43H70O6/c1-4-7-10-13-16-19-21-22-25-27-30-33-36-42(45)48-39-40(38-47-41(44)35-32-29-26-23-18-15-12-9-6-3)49-43(46)37-34-31-28-24-20-17-14-11-8-5-2/h7,9-10,12,14,16-19,23,29,32,40H,4-6,8,11,13,15,20-22,24-28,30-31,33-39H2,1-3H3/b10-7-,12-9-,17-14-,19-16-,23-18-,32-29-. The van der Waals surface area contributed by atoms with E-state index in [2.05, 4.69) is 81.5 Å². The summed E-state index contributed by atoms with van der Waals surface area (Å²) in [5.74, 6) is -1.09. The van der Waals surface area contributed by atoms with Gasteiger partial charge in [-0.05, 0) is 77.0 Å². The number of hydrogen-bond acceptors (Lipinski definition) is 6. The SMILES string of the molecule is CC/C=C\C/C=C\C/C=C\CC(=O)OCC(COC(=O)CCCCCCC/C=C\C/C=C\CC)OC(=O)CCCCCC/C=C\CCCC. The van der Waals surface area contributed by atoms with Gasteiger partial charge in [0, 0.05) is 12.8 Å². The van der Waals surface area contributed by atoms with E-state index in [9.17, 15) is 14.4 Å². The number of allylic oxidation sites excluding steroid dienone is 11. The van der Waals surface area contributed by atoms with Crippen molar-refractivity contribution in [3.8, 4) is 0 Å². The highest BCUT2D eigenvalue weighted by atomic mass is 16.6. The van der Waals surface area contributed by atoms with Crippen molar-refractivity contribution in [2.24, 2.45) is 0 Å². The molecule has 0 aromatic rings. The van der Waals surface area contributed by atoms with Crippen molar-refractivity contribution >= 4 is 17.9 Å². The number of ether oxygens (including phenoxy) is 3. The molecule has 0 fully saturated rings. The molecule has 0 rings (SSSR count). The lowest BCUT2D eigenvalue weighted by Gasteiger charge is -2.18. The Morgan fingerprint density at radius 2 is 0.878 bits per heavy atom. The number of carbonyl (C=O) groups excluding carboxylic acids is 3. The first-order chi connectivity index (χ1) is 24.0. The molecule has 0 spiro atoms. The Labute approximate surface area is 300 Å². The van der Waals surface area contributed by atoms with Crippen LogP contribution in [-0.2, 0) is 28.6 Å². The second-order valence-corrected chi connectivity index (χ2v) is 12.4. The summed E-state index contributed by atoms with van der Waals surface area (Å²) in [7, 11) is 0. The Kier molecular flexibility index (Phi) is 35.2. The van der Waals surface area contributed by atoms with Gasteiger partial charge in [-0.25, -0.2) is 0 Å². The third-order valence-electron chi connectivity index (χ3n) is 7.71. The van der Waals surface area contributed by atoms with E-state index in [0.717, 1.165) is 109 Å². The first-order valence-electron chi connectivity index (χ1n) is 19.4. The molecular formula is C43H70O6. The van der Waals surface area contributed by atoms with Crippen molar-refractivity contribution < 1.29 is 28.6 Å². The molecule has 0 aromatic carbocycles. The van der Waals surface area contributed by atoms with Crippen LogP contribution in [0.2, 0.25) is 0 Å². The largest absolute Gasteiger partial charge is 0.462 e. The Bertz CT molecular complexity index is 971. The molecule has 6 nitrogen and oxygen atoms in total. The first kappa shape index (κ1) is 45.9. The Balaban J connectivity index is 4.51. The minimum Gasteiger partial charge on any atom is -0.462 e. The predicted octanol–water partition coefficient (Wildman–Crippen LogP) is 12.0. The zero-order chi connectivity index (χ0) is 35.9. The topological polar surface area (TPSA) is 78.9 Å². The van der Waals surface area contributed by atoms with Crippen molar-refractivity contribution in [1.82, 2.24) is 0 Å². The number of esters is 3. The monoisotopic (exact) mass is 683 g/mol. The minimum absolute atomic E-state index is 0.116. The van der Waals surface area contributed by atoms with Gasteiger partial charge >= 0.3 is 17.9 Å². The molecule has 0 bridgehead atoms. The molecular weight excluding hydrogens is 612 g/mol. The molecule has 278 valence electrons. The molecule has 0 aliphatic rings. The summed E-state index contributed by atoms with van der Waals surface area (Å²) < 4.78 is 16.4. The molecule has 0 aromatic heterocycles. The third kappa shape index (κ3) is 36.0. The van der Waals surface area contributed by atoms with Gasteiger partial charge in [0.2, 0.25) is 0 Å². The first-order valence-corrected chi connectivity index (χ1v) is 19.4. The molecule has 0 aliphatic carbocycles. The van der Waals surface area contributed by atoms with E-state index in [1.807, 2.05) is 6.08 Å². The molecule has 6 heteroatoms. The molecule has 0 radical (unpaired) electrons. The fraction of sp³-hybridized carbons (Fsp3) is 0.651. The summed E-state index contributed by atoms with van der Waals surface area (Å²) in [6.07, 6.45) is 44.9. The van der Waals surface area contributed by atoms with Gasteiger partial charge in [-0.1, -0.05) is 139 Å². The maximum atomic E-state index is 12.6. The molecule has 0 N–H and O–H groups in total. The number of carbonyl (C=O) groups is 3. The maximum absolute atomic E-state index is 12.6. The summed E-state index contributed by atoms with van der Waals surface area (Å²) in [5.41, 5.74) is 0. The quantitative estimate of drug-likeness (QED) is 0.0297. The lowest BCUT2D eigenvalue weighted by Crippen LogP contribution is -2.30. The van der Waals surface area contributed by atoms with Crippen LogP contribution in [0.4, 0.5) is 0 Å². The van der Waals surface area contributed by atoms with Crippen molar-refractivity contribution in [2.75, 3.05) is 13.2 Å². The van der Waals surface area contributed by atoms with Crippen LogP contribution in [0.5, 0.6) is 0 Å². The smallest absolute Gasteiger partial charge is 0.309 e. The van der Waals surface area contributed by atoms with Crippen LogP contribution in [0, 0.1) is 0 Å². The molecule has 0 heterocycles. The maximum Gasteiger partial charge on any atom is 0.309 e. The van der Waals surface area contributed by atoms with E-state index >= 15 is 0 Å². The van der Waals surface area contributed by atoms with E-state index in [-0.39, 0.29) is 31.6 Å². The highest BCUT2D eigenvalue weighted by Gasteiger charge is 2.19.